The van der Waals surface area contributed by atoms with Crippen LogP contribution in [0.15, 0.2) is 17.2 Å². The zero-order valence-electron chi connectivity index (χ0n) is 11.8. The highest BCUT2D eigenvalue weighted by atomic mass is 35.5. The summed E-state index contributed by atoms with van der Waals surface area (Å²) < 4.78 is 27.2. The number of nitrogens with one attached hydrogen (secondary N) is 2. The zero-order chi connectivity index (χ0) is 15.6. The van der Waals surface area contributed by atoms with E-state index >= 15 is 0 Å². The van der Waals surface area contributed by atoms with Crippen LogP contribution in [0.1, 0.15) is 12.8 Å². The fourth-order valence-corrected chi connectivity index (χ4v) is 3.70. The second-order valence-corrected chi connectivity index (χ2v) is 7.00. The van der Waals surface area contributed by atoms with E-state index in [4.69, 9.17) is 11.6 Å². The van der Waals surface area contributed by atoms with Gasteiger partial charge in [0.25, 0.3) is 0 Å². The van der Waals surface area contributed by atoms with Crippen molar-refractivity contribution in [3.8, 4) is 0 Å². The van der Waals surface area contributed by atoms with Crippen LogP contribution in [0, 0.1) is 0 Å². The molecule has 0 aromatic carbocycles. The summed E-state index contributed by atoms with van der Waals surface area (Å²) in [6.07, 6.45) is 2.07. The first-order valence-electron chi connectivity index (χ1n) is 6.43. The third kappa shape index (κ3) is 3.63. The molecule has 9 heteroatoms. The number of nitrogens with zero attached hydrogens (tertiary/aromatic N) is 2. The van der Waals surface area contributed by atoms with Gasteiger partial charge in [-0.2, -0.15) is 0 Å². The van der Waals surface area contributed by atoms with Gasteiger partial charge in [-0.25, -0.2) is 18.1 Å². The van der Waals surface area contributed by atoms with Crippen LogP contribution in [-0.2, 0) is 14.8 Å². The predicted molar refractivity (Wildman–Crippen MR) is 79.8 cm³/mol. The molecule has 7 nitrogen and oxygen atoms in total. The average Bonchev–Trinajstić information content (AvgIpc) is 2.42. The smallest absolute Gasteiger partial charge is 0.242 e. The lowest BCUT2D eigenvalue weighted by molar-refractivity contribution is -0.132. The van der Waals surface area contributed by atoms with Gasteiger partial charge >= 0.3 is 0 Å². The van der Waals surface area contributed by atoms with Crippen LogP contribution in [0.2, 0.25) is 5.02 Å². The Kier molecular flexibility index (Phi) is 4.70. The summed E-state index contributed by atoms with van der Waals surface area (Å²) in [7, 11) is -0.407. The number of likely N-dealkylation sites (N-methyl/N-ethyl adjacent to an activating group) is 1. The second-order valence-electron chi connectivity index (χ2n) is 4.88. The van der Waals surface area contributed by atoms with Crippen molar-refractivity contribution in [3.05, 3.63) is 17.3 Å². The van der Waals surface area contributed by atoms with Gasteiger partial charge in [0.1, 0.15) is 10.7 Å². The maximum absolute atomic E-state index is 12.3. The van der Waals surface area contributed by atoms with Crippen LogP contribution in [0.3, 0.4) is 0 Å². The highest BCUT2D eigenvalue weighted by molar-refractivity contribution is 7.89. The average molecular weight is 333 g/mol. The van der Waals surface area contributed by atoms with Gasteiger partial charge in [0.05, 0.1) is 5.02 Å². The molecule has 1 atom stereocenters. The van der Waals surface area contributed by atoms with E-state index in [2.05, 4.69) is 15.0 Å². The van der Waals surface area contributed by atoms with Crippen molar-refractivity contribution in [3.63, 3.8) is 0 Å². The minimum Gasteiger partial charge on any atom is -0.372 e. The molecule has 1 aliphatic rings. The Morgan fingerprint density at radius 1 is 1.48 bits per heavy atom. The Bertz CT molecular complexity index is 650. The molecule has 116 valence electrons. The first-order chi connectivity index (χ1) is 9.83. The van der Waals surface area contributed by atoms with E-state index in [9.17, 15) is 13.2 Å². The molecule has 1 aliphatic heterocycles. The van der Waals surface area contributed by atoms with E-state index in [0.717, 1.165) is 0 Å². The summed E-state index contributed by atoms with van der Waals surface area (Å²) >= 11 is 5.95. The number of carbonyl (C=O) groups excluding carboxylic acids is 1. The normalized spacial score (nSPS) is 19.7. The molecule has 2 N–H and O–H groups in total. The number of rotatable bonds is 4. The molecule has 2 rings (SSSR count). The van der Waals surface area contributed by atoms with E-state index in [1.165, 1.54) is 17.2 Å². The third-order valence-electron chi connectivity index (χ3n) is 3.31. The zero-order valence-corrected chi connectivity index (χ0v) is 13.3. The molecule has 0 spiro atoms. The van der Waals surface area contributed by atoms with E-state index in [1.807, 2.05) is 0 Å². The topological polar surface area (TPSA) is 91.4 Å². The molecule has 1 unspecified atom stereocenters. The van der Waals surface area contributed by atoms with E-state index in [0.29, 0.717) is 25.2 Å². The molecule has 1 fully saturated rings. The van der Waals surface area contributed by atoms with Crippen molar-refractivity contribution in [2.75, 3.05) is 26.0 Å². The van der Waals surface area contributed by atoms with Crippen LogP contribution < -0.4 is 10.0 Å². The first-order valence-corrected chi connectivity index (χ1v) is 8.29. The number of hydrogen-bond donors (Lipinski definition) is 2. The van der Waals surface area contributed by atoms with Gasteiger partial charge in [0.15, 0.2) is 0 Å². The number of sulfonamides is 1. The Morgan fingerprint density at radius 3 is 2.76 bits per heavy atom. The highest BCUT2D eigenvalue weighted by Gasteiger charge is 2.27. The lowest BCUT2D eigenvalue weighted by Crippen LogP contribution is -2.48. The Morgan fingerprint density at radius 2 is 2.19 bits per heavy atom. The van der Waals surface area contributed by atoms with Crippen LogP contribution >= 0.6 is 11.6 Å². The number of aromatic nitrogens is 1. The van der Waals surface area contributed by atoms with E-state index in [1.54, 1.807) is 14.1 Å². The molecule has 1 amide bonds. The number of amides is 1. The fourth-order valence-electron chi connectivity index (χ4n) is 2.15. The monoisotopic (exact) mass is 332 g/mol. The van der Waals surface area contributed by atoms with Crippen LogP contribution in [-0.4, -0.2) is 50.9 Å². The number of piperidine rings is 1. The maximum atomic E-state index is 12.3. The molecule has 0 saturated carbocycles. The molecule has 1 aromatic rings. The number of halogens is 1. The van der Waals surface area contributed by atoms with Gasteiger partial charge in [-0.05, 0) is 12.5 Å². The Balaban J connectivity index is 2.15. The van der Waals surface area contributed by atoms with Crippen LogP contribution in [0.5, 0.6) is 0 Å². The molecular formula is C12H17ClN4O3S. The molecule has 1 aromatic heterocycles. The number of pyridine rings is 1. The first kappa shape index (κ1) is 16.0. The van der Waals surface area contributed by atoms with Gasteiger partial charge < -0.3 is 10.2 Å². The van der Waals surface area contributed by atoms with E-state index in [-0.39, 0.29) is 21.9 Å². The molecule has 0 bridgehead atoms. The van der Waals surface area contributed by atoms with Crippen molar-refractivity contribution in [2.24, 2.45) is 0 Å². The summed E-state index contributed by atoms with van der Waals surface area (Å²) in [6.45, 7) is 0.355. The third-order valence-corrected chi connectivity index (χ3v) is 5.09. The molecule has 2 heterocycles. The largest absolute Gasteiger partial charge is 0.372 e. The summed E-state index contributed by atoms with van der Waals surface area (Å²) in [6, 6.07) is 1.04. The predicted octanol–water partition coefficient (Wildman–Crippen LogP) is 0.676. The molecular weight excluding hydrogens is 316 g/mol. The summed E-state index contributed by atoms with van der Waals surface area (Å²) in [5.41, 5.74) is 0. The Hall–Kier alpha value is -1.38. The minimum absolute atomic E-state index is 0.00560. The number of carbonyl (C=O) groups is 1. The summed E-state index contributed by atoms with van der Waals surface area (Å²) in [4.78, 5) is 16.9. The summed E-state index contributed by atoms with van der Waals surface area (Å²) in [5, 5.41) is 3.00. The van der Waals surface area contributed by atoms with Crippen LogP contribution in [0.25, 0.3) is 0 Å². The maximum Gasteiger partial charge on any atom is 0.242 e. The molecule has 21 heavy (non-hydrogen) atoms. The van der Waals surface area contributed by atoms with Gasteiger partial charge in [0, 0.05) is 39.3 Å². The van der Waals surface area contributed by atoms with Gasteiger partial charge in [-0.15, -0.1) is 0 Å². The van der Waals surface area contributed by atoms with Crippen molar-refractivity contribution >= 4 is 33.3 Å². The second kappa shape index (κ2) is 6.17. The van der Waals surface area contributed by atoms with Gasteiger partial charge in [-0.3, -0.25) is 4.79 Å². The number of anilines is 1. The van der Waals surface area contributed by atoms with E-state index < -0.39 is 10.0 Å². The number of likely N-dealkylation sites (tertiary alicyclic amines) is 1. The van der Waals surface area contributed by atoms with Crippen molar-refractivity contribution in [1.82, 2.24) is 14.6 Å². The number of hydrogen-bond acceptors (Lipinski definition) is 5. The van der Waals surface area contributed by atoms with Crippen molar-refractivity contribution in [1.29, 1.82) is 0 Å². The lowest BCUT2D eigenvalue weighted by Gasteiger charge is -2.29. The summed E-state index contributed by atoms with van der Waals surface area (Å²) in [5.74, 6) is 0.437. The molecule has 1 saturated heterocycles. The molecule has 0 aliphatic carbocycles. The minimum atomic E-state index is -3.71. The van der Waals surface area contributed by atoms with Crippen molar-refractivity contribution in [2.45, 2.75) is 23.8 Å². The quantitative estimate of drug-likeness (QED) is 0.846. The van der Waals surface area contributed by atoms with Gasteiger partial charge in [-0.1, -0.05) is 11.6 Å². The lowest BCUT2D eigenvalue weighted by atomic mass is 10.1. The molecule has 0 radical (unpaired) electrons. The SMILES string of the molecule is CNc1ncc(S(=O)(=O)NC2CCC(=O)N(C)C2)cc1Cl. The van der Waals surface area contributed by atoms with Crippen LogP contribution in [0.4, 0.5) is 5.82 Å². The standard InChI is InChI=1S/C12H17ClN4O3S/c1-14-12-10(13)5-9(6-15-12)21(19,20)16-8-3-4-11(18)17(2)7-8/h5-6,8,16H,3-4,7H2,1-2H3,(H,14,15). The van der Waals surface area contributed by atoms with Gasteiger partial charge in [0.2, 0.25) is 15.9 Å². The Labute approximate surface area is 128 Å². The highest BCUT2D eigenvalue weighted by Crippen LogP contribution is 2.22. The fraction of sp³-hybridized carbons (Fsp3) is 0.500. The van der Waals surface area contributed by atoms with Crippen molar-refractivity contribution < 1.29 is 13.2 Å².